The minimum absolute atomic E-state index is 0.0459. The molecule has 1 aliphatic rings. The van der Waals surface area contributed by atoms with Crippen molar-refractivity contribution in [2.75, 3.05) is 26.1 Å². The number of methoxy groups -OCH3 is 2. The second-order valence-electron chi connectivity index (χ2n) is 6.93. The van der Waals surface area contributed by atoms with Crippen LogP contribution in [0.15, 0.2) is 47.4 Å². The van der Waals surface area contributed by atoms with E-state index in [2.05, 4.69) is 10.2 Å². The van der Waals surface area contributed by atoms with Crippen molar-refractivity contribution in [1.29, 1.82) is 0 Å². The van der Waals surface area contributed by atoms with Crippen LogP contribution in [-0.4, -0.2) is 46.0 Å². The molecule has 0 heterocycles. The number of nitrogens with two attached hydrogens (primary N) is 1. The van der Waals surface area contributed by atoms with Gasteiger partial charge in [-0.25, -0.2) is 13.6 Å². The first-order valence-electron chi connectivity index (χ1n) is 9.18. The molecule has 2 aromatic carbocycles. The number of hydrogen-bond donors (Lipinski definition) is 2. The third-order valence-electron chi connectivity index (χ3n) is 4.72. The van der Waals surface area contributed by atoms with Crippen molar-refractivity contribution < 1.29 is 22.7 Å². The molecule has 3 rings (SSSR count). The number of carbonyl (C=O) groups excluding carboxylic acids is 1. The molecule has 0 bridgehead atoms. The molecular weight excluding hydrogens is 394 g/mol. The molecule has 0 atom stereocenters. The summed E-state index contributed by atoms with van der Waals surface area (Å²) in [5, 5.41) is 7.90. The number of amides is 1. The number of carbonyl (C=O) groups is 1. The third kappa shape index (κ3) is 5.69. The van der Waals surface area contributed by atoms with Crippen LogP contribution in [0.2, 0.25) is 0 Å². The Kier molecular flexibility index (Phi) is 6.41. The van der Waals surface area contributed by atoms with Gasteiger partial charge in [0.2, 0.25) is 15.9 Å². The van der Waals surface area contributed by atoms with E-state index >= 15 is 0 Å². The first-order valence-corrected chi connectivity index (χ1v) is 10.7. The normalized spacial score (nSPS) is 13.9. The lowest BCUT2D eigenvalue weighted by atomic mass is 10.1. The van der Waals surface area contributed by atoms with Crippen molar-refractivity contribution in [3.05, 3.63) is 48.0 Å². The highest BCUT2D eigenvalue weighted by Crippen LogP contribution is 2.31. The zero-order valence-electron chi connectivity index (χ0n) is 16.4. The molecule has 1 saturated carbocycles. The topological polar surface area (TPSA) is 111 Å². The van der Waals surface area contributed by atoms with Crippen LogP contribution in [-0.2, 0) is 21.4 Å². The molecule has 0 radical (unpaired) electrons. The number of rotatable bonds is 9. The van der Waals surface area contributed by atoms with Gasteiger partial charge in [0.05, 0.1) is 25.7 Å². The first-order chi connectivity index (χ1) is 13.8. The first kappa shape index (κ1) is 21.1. The molecule has 0 unspecified atom stereocenters. The van der Waals surface area contributed by atoms with Gasteiger partial charge in [-0.15, -0.1) is 0 Å². The second-order valence-corrected chi connectivity index (χ2v) is 8.50. The molecule has 0 spiro atoms. The maximum atomic E-state index is 12.6. The van der Waals surface area contributed by atoms with E-state index in [9.17, 15) is 13.2 Å². The summed E-state index contributed by atoms with van der Waals surface area (Å²) in [4.78, 5) is 14.6. The third-order valence-corrected chi connectivity index (χ3v) is 5.63. The lowest BCUT2D eigenvalue weighted by Crippen LogP contribution is -2.34. The zero-order valence-corrected chi connectivity index (χ0v) is 17.2. The number of sulfonamides is 1. The largest absolute Gasteiger partial charge is 0.497 e. The molecule has 1 fully saturated rings. The van der Waals surface area contributed by atoms with Crippen LogP contribution in [0, 0.1) is 0 Å². The van der Waals surface area contributed by atoms with E-state index in [-0.39, 0.29) is 17.3 Å². The number of nitrogens with one attached hydrogen (secondary N) is 1. The molecule has 2 aromatic rings. The summed E-state index contributed by atoms with van der Waals surface area (Å²) in [5.74, 6) is 1.23. The summed E-state index contributed by atoms with van der Waals surface area (Å²) in [6, 6.07) is 11.8. The molecule has 29 heavy (non-hydrogen) atoms. The van der Waals surface area contributed by atoms with Crippen molar-refractivity contribution in [2.24, 2.45) is 5.14 Å². The molecule has 8 nitrogen and oxygen atoms in total. The van der Waals surface area contributed by atoms with Crippen LogP contribution in [0.5, 0.6) is 11.5 Å². The van der Waals surface area contributed by atoms with E-state index in [4.69, 9.17) is 14.6 Å². The van der Waals surface area contributed by atoms with Gasteiger partial charge in [0.1, 0.15) is 11.5 Å². The SMILES string of the molecule is COc1ccc(OC)c(CN(CC(=O)Nc2cccc(S(N)(=O)=O)c2)C2CC2)c1. The summed E-state index contributed by atoms with van der Waals surface area (Å²) in [6.07, 6.45) is 2.06. The van der Waals surface area contributed by atoms with Crippen LogP contribution in [0.25, 0.3) is 0 Å². The van der Waals surface area contributed by atoms with E-state index in [1.165, 1.54) is 18.2 Å². The average molecular weight is 420 g/mol. The van der Waals surface area contributed by atoms with Gasteiger partial charge in [0, 0.05) is 23.8 Å². The van der Waals surface area contributed by atoms with Gasteiger partial charge in [0.25, 0.3) is 0 Å². The second kappa shape index (κ2) is 8.81. The van der Waals surface area contributed by atoms with Gasteiger partial charge in [-0.3, -0.25) is 9.69 Å². The average Bonchev–Trinajstić information content (AvgIpc) is 3.52. The minimum Gasteiger partial charge on any atom is -0.497 e. The van der Waals surface area contributed by atoms with Crippen LogP contribution < -0.4 is 19.9 Å². The number of anilines is 1. The van der Waals surface area contributed by atoms with E-state index < -0.39 is 10.0 Å². The predicted molar refractivity (Wildman–Crippen MR) is 109 cm³/mol. The molecule has 156 valence electrons. The van der Waals surface area contributed by atoms with Gasteiger partial charge in [-0.1, -0.05) is 6.07 Å². The lowest BCUT2D eigenvalue weighted by Gasteiger charge is -2.23. The molecule has 3 N–H and O–H groups in total. The van der Waals surface area contributed by atoms with Crippen molar-refractivity contribution >= 4 is 21.6 Å². The quantitative estimate of drug-likeness (QED) is 0.643. The van der Waals surface area contributed by atoms with Crippen LogP contribution in [0.3, 0.4) is 0 Å². The highest BCUT2D eigenvalue weighted by Gasteiger charge is 2.31. The Labute approximate surface area is 170 Å². The maximum Gasteiger partial charge on any atom is 0.238 e. The molecule has 1 aliphatic carbocycles. The fraction of sp³-hybridized carbons (Fsp3) is 0.350. The minimum atomic E-state index is -3.83. The predicted octanol–water partition coefficient (Wildman–Crippen LogP) is 1.95. The molecule has 0 aliphatic heterocycles. The Balaban J connectivity index is 1.71. The van der Waals surface area contributed by atoms with Gasteiger partial charge in [-0.05, 0) is 49.2 Å². The molecular formula is C20H25N3O5S. The summed E-state index contributed by atoms with van der Waals surface area (Å²) in [7, 11) is -0.616. The maximum absolute atomic E-state index is 12.6. The van der Waals surface area contributed by atoms with Gasteiger partial charge in [0.15, 0.2) is 0 Å². The summed E-state index contributed by atoms with van der Waals surface area (Å²) < 4.78 is 33.7. The van der Waals surface area contributed by atoms with E-state index in [1.807, 2.05) is 18.2 Å². The smallest absolute Gasteiger partial charge is 0.238 e. The Morgan fingerprint density at radius 3 is 2.55 bits per heavy atom. The van der Waals surface area contributed by atoms with Crippen molar-refractivity contribution in [1.82, 2.24) is 4.90 Å². The van der Waals surface area contributed by atoms with Crippen LogP contribution >= 0.6 is 0 Å². The molecule has 0 aromatic heterocycles. The Morgan fingerprint density at radius 2 is 1.93 bits per heavy atom. The van der Waals surface area contributed by atoms with Crippen molar-refractivity contribution in [3.8, 4) is 11.5 Å². The fourth-order valence-electron chi connectivity index (χ4n) is 3.11. The van der Waals surface area contributed by atoms with E-state index in [1.54, 1.807) is 20.3 Å². The Bertz CT molecular complexity index is 989. The number of benzene rings is 2. The van der Waals surface area contributed by atoms with Crippen LogP contribution in [0.4, 0.5) is 5.69 Å². The van der Waals surface area contributed by atoms with E-state index in [0.717, 1.165) is 29.9 Å². The van der Waals surface area contributed by atoms with Gasteiger partial charge in [-0.2, -0.15) is 0 Å². The summed E-state index contributed by atoms with van der Waals surface area (Å²) in [5.41, 5.74) is 1.32. The van der Waals surface area contributed by atoms with Crippen molar-refractivity contribution in [3.63, 3.8) is 0 Å². The van der Waals surface area contributed by atoms with Crippen LogP contribution in [0.1, 0.15) is 18.4 Å². The number of primary sulfonamides is 1. The molecule has 0 saturated heterocycles. The number of ether oxygens (including phenoxy) is 2. The molecule has 9 heteroatoms. The highest BCUT2D eigenvalue weighted by atomic mass is 32.2. The van der Waals surface area contributed by atoms with Gasteiger partial charge < -0.3 is 14.8 Å². The summed E-state index contributed by atoms with van der Waals surface area (Å²) in [6.45, 7) is 0.709. The van der Waals surface area contributed by atoms with Gasteiger partial charge >= 0.3 is 0 Å². The highest BCUT2D eigenvalue weighted by molar-refractivity contribution is 7.89. The fourth-order valence-corrected chi connectivity index (χ4v) is 3.67. The van der Waals surface area contributed by atoms with E-state index in [0.29, 0.717) is 18.3 Å². The monoisotopic (exact) mass is 419 g/mol. The molecule has 1 amide bonds. The number of nitrogens with zero attached hydrogens (tertiary/aromatic N) is 1. The summed E-state index contributed by atoms with van der Waals surface area (Å²) >= 11 is 0. The zero-order chi connectivity index (χ0) is 21.0. The standard InChI is InChI=1S/C20H25N3O5S/c1-27-17-8-9-19(28-2)14(10-17)12-23(16-6-7-16)13-20(24)22-15-4-3-5-18(11-15)29(21,25)26/h3-5,8-11,16H,6-7,12-13H2,1-2H3,(H,22,24)(H2,21,25,26). The Morgan fingerprint density at radius 1 is 1.17 bits per heavy atom. The number of hydrogen-bond acceptors (Lipinski definition) is 6. The van der Waals surface area contributed by atoms with Crippen molar-refractivity contribution in [2.45, 2.75) is 30.3 Å². The lowest BCUT2D eigenvalue weighted by molar-refractivity contribution is -0.117. The Hall–Kier alpha value is -2.62.